The SMILES string of the molecule is COC(=O)CC1C2CN(c3nc(Cl)nc4cc(Br)sc34)C(=O)C12. The lowest BCUT2D eigenvalue weighted by atomic mass is 10.2. The molecule has 3 heterocycles. The Morgan fingerprint density at radius 2 is 2.35 bits per heavy atom. The van der Waals surface area contributed by atoms with E-state index in [4.69, 9.17) is 11.6 Å². The van der Waals surface area contributed by atoms with E-state index in [2.05, 4.69) is 30.6 Å². The summed E-state index contributed by atoms with van der Waals surface area (Å²) in [5.41, 5.74) is 0.719. The quantitative estimate of drug-likeness (QED) is 0.568. The van der Waals surface area contributed by atoms with Crippen LogP contribution >= 0.6 is 38.9 Å². The van der Waals surface area contributed by atoms with E-state index in [1.54, 1.807) is 4.90 Å². The molecule has 1 aliphatic heterocycles. The standard InChI is InChI=1S/C14H11BrClN3O3S/c1-22-9(20)2-5-6-4-19(13(21)10(5)6)12-11-7(3-8(15)23-11)17-14(16)18-12/h3,5-6,10H,2,4H2,1H3. The van der Waals surface area contributed by atoms with E-state index in [0.717, 1.165) is 14.0 Å². The molecular formula is C14H11BrClN3O3S. The summed E-state index contributed by atoms with van der Waals surface area (Å²) < 4.78 is 6.43. The Morgan fingerprint density at radius 3 is 3.00 bits per heavy atom. The van der Waals surface area contributed by atoms with Crippen molar-refractivity contribution in [1.29, 1.82) is 0 Å². The zero-order valence-corrected chi connectivity index (χ0v) is 15.1. The fraction of sp³-hybridized carbons (Fsp3) is 0.429. The van der Waals surface area contributed by atoms with Crippen LogP contribution in [-0.2, 0) is 14.3 Å². The monoisotopic (exact) mass is 415 g/mol. The third kappa shape index (κ3) is 2.43. The minimum Gasteiger partial charge on any atom is -0.469 e. The minimum absolute atomic E-state index is 0.00416. The lowest BCUT2D eigenvalue weighted by Crippen LogP contribution is -2.31. The highest BCUT2D eigenvalue weighted by molar-refractivity contribution is 9.11. The molecule has 6 nitrogen and oxygen atoms in total. The number of esters is 1. The molecule has 1 aliphatic carbocycles. The molecule has 2 aromatic heterocycles. The molecule has 0 spiro atoms. The highest BCUT2D eigenvalue weighted by Gasteiger charge is 2.62. The predicted octanol–water partition coefficient (Wildman–Crippen LogP) is 2.88. The zero-order valence-electron chi connectivity index (χ0n) is 12.0. The zero-order chi connectivity index (χ0) is 16.3. The molecule has 1 saturated carbocycles. The van der Waals surface area contributed by atoms with Crippen molar-refractivity contribution in [1.82, 2.24) is 9.97 Å². The van der Waals surface area contributed by atoms with Crippen molar-refractivity contribution in [2.24, 2.45) is 17.8 Å². The van der Waals surface area contributed by atoms with Crippen molar-refractivity contribution in [3.63, 3.8) is 0 Å². The van der Waals surface area contributed by atoms with Crippen molar-refractivity contribution >= 4 is 66.8 Å². The van der Waals surface area contributed by atoms with Crippen LogP contribution in [0, 0.1) is 17.8 Å². The number of halogens is 2. The first-order valence-corrected chi connectivity index (χ1v) is 8.99. The second kappa shape index (κ2) is 5.39. The van der Waals surface area contributed by atoms with Gasteiger partial charge in [-0.3, -0.25) is 14.5 Å². The van der Waals surface area contributed by atoms with Crippen LogP contribution in [0.15, 0.2) is 9.85 Å². The summed E-state index contributed by atoms with van der Waals surface area (Å²) in [5, 5.41) is 0.122. The molecule has 9 heteroatoms. The van der Waals surface area contributed by atoms with Crippen LogP contribution in [0.4, 0.5) is 5.82 Å². The van der Waals surface area contributed by atoms with Crippen molar-refractivity contribution in [3.8, 4) is 0 Å². The first-order valence-electron chi connectivity index (χ1n) is 7.00. The van der Waals surface area contributed by atoms with Gasteiger partial charge < -0.3 is 4.74 Å². The van der Waals surface area contributed by atoms with Gasteiger partial charge in [0.05, 0.1) is 21.1 Å². The average molecular weight is 417 g/mol. The Bertz CT molecular complexity index is 842. The van der Waals surface area contributed by atoms with Gasteiger partial charge in [-0.1, -0.05) is 0 Å². The van der Waals surface area contributed by atoms with E-state index >= 15 is 0 Å². The summed E-state index contributed by atoms with van der Waals surface area (Å²) in [5.74, 6) is 0.469. The van der Waals surface area contributed by atoms with E-state index < -0.39 is 0 Å². The summed E-state index contributed by atoms with van der Waals surface area (Å²) >= 11 is 10.9. The van der Waals surface area contributed by atoms with Gasteiger partial charge in [-0.2, -0.15) is 4.98 Å². The molecule has 2 aliphatic rings. The first kappa shape index (κ1) is 15.3. The van der Waals surface area contributed by atoms with Gasteiger partial charge in [0, 0.05) is 18.9 Å². The third-order valence-electron chi connectivity index (χ3n) is 4.46. The van der Waals surface area contributed by atoms with E-state index in [9.17, 15) is 9.59 Å². The van der Waals surface area contributed by atoms with E-state index in [0.29, 0.717) is 18.8 Å². The molecule has 3 unspecified atom stereocenters. The Morgan fingerprint density at radius 1 is 1.57 bits per heavy atom. The maximum Gasteiger partial charge on any atom is 0.305 e. The van der Waals surface area contributed by atoms with Crippen LogP contribution in [0.2, 0.25) is 5.28 Å². The second-order valence-electron chi connectivity index (χ2n) is 5.66. The van der Waals surface area contributed by atoms with Crippen LogP contribution in [0.25, 0.3) is 10.2 Å². The van der Waals surface area contributed by atoms with Crippen molar-refractivity contribution in [2.75, 3.05) is 18.6 Å². The first-order chi connectivity index (χ1) is 11.0. The van der Waals surface area contributed by atoms with Gasteiger partial charge in [0.15, 0.2) is 5.82 Å². The summed E-state index contributed by atoms with van der Waals surface area (Å²) in [4.78, 5) is 34.2. The molecule has 23 heavy (non-hydrogen) atoms. The number of carbonyl (C=O) groups is 2. The van der Waals surface area contributed by atoms with Gasteiger partial charge in [-0.15, -0.1) is 11.3 Å². The van der Waals surface area contributed by atoms with Gasteiger partial charge in [0.25, 0.3) is 0 Å². The predicted molar refractivity (Wildman–Crippen MR) is 89.6 cm³/mol. The van der Waals surface area contributed by atoms with Crippen LogP contribution in [0.5, 0.6) is 0 Å². The summed E-state index contributed by atoms with van der Waals surface area (Å²) in [6.45, 7) is 0.559. The van der Waals surface area contributed by atoms with Gasteiger partial charge >= 0.3 is 5.97 Å². The maximum absolute atomic E-state index is 12.7. The topological polar surface area (TPSA) is 72.4 Å². The molecule has 3 atom stereocenters. The molecule has 2 aromatic rings. The molecule has 0 bridgehead atoms. The molecule has 120 valence electrons. The van der Waals surface area contributed by atoms with E-state index in [1.165, 1.54) is 18.4 Å². The van der Waals surface area contributed by atoms with Crippen molar-refractivity contribution in [3.05, 3.63) is 15.1 Å². The molecule has 0 N–H and O–H groups in total. The van der Waals surface area contributed by atoms with Crippen LogP contribution < -0.4 is 4.90 Å². The number of rotatable bonds is 3. The molecule has 1 amide bonds. The highest BCUT2D eigenvalue weighted by Crippen LogP contribution is 2.55. The number of nitrogens with zero attached hydrogens (tertiary/aromatic N) is 3. The molecular weight excluding hydrogens is 406 g/mol. The number of fused-ring (bicyclic) bond motifs is 2. The number of hydrogen-bond donors (Lipinski definition) is 0. The highest BCUT2D eigenvalue weighted by atomic mass is 79.9. The molecule has 0 aromatic carbocycles. The fourth-order valence-corrected chi connectivity index (χ4v) is 5.02. The molecule has 0 radical (unpaired) electrons. The maximum atomic E-state index is 12.7. The minimum atomic E-state index is -0.265. The van der Waals surface area contributed by atoms with Gasteiger partial charge in [0.2, 0.25) is 11.2 Å². The number of hydrogen-bond acceptors (Lipinski definition) is 6. The summed E-state index contributed by atoms with van der Waals surface area (Å²) in [7, 11) is 1.36. The number of amides is 1. The Labute approximate surface area is 148 Å². The second-order valence-corrected chi connectivity index (χ2v) is 8.43. The number of ether oxygens (including phenoxy) is 1. The fourth-order valence-electron chi connectivity index (χ4n) is 3.33. The smallest absolute Gasteiger partial charge is 0.305 e. The van der Waals surface area contributed by atoms with E-state index in [-0.39, 0.29) is 34.9 Å². The third-order valence-corrected chi connectivity index (χ3v) is 6.25. The Balaban J connectivity index is 1.62. The van der Waals surface area contributed by atoms with Crippen molar-refractivity contribution in [2.45, 2.75) is 6.42 Å². The summed E-state index contributed by atoms with van der Waals surface area (Å²) in [6, 6.07) is 1.86. The van der Waals surface area contributed by atoms with Crippen LogP contribution in [0.3, 0.4) is 0 Å². The summed E-state index contributed by atoms with van der Waals surface area (Å²) in [6.07, 6.45) is 0.301. The van der Waals surface area contributed by atoms with Gasteiger partial charge in [0.1, 0.15) is 0 Å². The van der Waals surface area contributed by atoms with Crippen LogP contribution in [0.1, 0.15) is 6.42 Å². The number of aromatic nitrogens is 2. The van der Waals surface area contributed by atoms with E-state index in [1.807, 2.05) is 6.07 Å². The largest absolute Gasteiger partial charge is 0.469 e. The molecule has 4 rings (SSSR count). The molecule has 1 saturated heterocycles. The Hall–Kier alpha value is -1.25. The number of carbonyl (C=O) groups excluding carboxylic acids is 2. The van der Waals surface area contributed by atoms with Gasteiger partial charge in [-0.25, -0.2) is 4.98 Å². The van der Waals surface area contributed by atoms with Crippen LogP contribution in [-0.4, -0.2) is 35.5 Å². The lowest BCUT2D eigenvalue weighted by Gasteiger charge is -2.19. The number of methoxy groups -OCH3 is 1. The van der Waals surface area contributed by atoms with Gasteiger partial charge in [-0.05, 0) is 45.4 Å². The molecule has 2 fully saturated rings. The lowest BCUT2D eigenvalue weighted by molar-refractivity contribution is -0.141. The number of anilines is 1. The number of thiophene rings is 1. The normalized spacial score (nSPS) is 25.8. The Kier molecular flexibility index (Phi) is 3.58. The van der Waals surface area contributed by atoms with Crippen molar-refractivity contribution < 1.29 is 14.3 Å². The number of piperidine rings is 1. The average Bonchev–Trinajstić information content (AvgIpc) is 2.83.